The number of piperidine rings is 1. The predicted molar refractivity (Wildman–Crippen MR) is 78.0 cm³/mol. The summed E-state index contributed by atoms with van der Waals surface area (Å²) in [7, 11) is 0. The molecule has 0 atom stereocenters. The van der Waals surface area contributed by atoms with Gasteiger partial charge in [0.25, 0.3) is 5.91 Å². The molecule has 0 spiro atoms. The summed E-state index contributed by atoms with van der Waals surface area (Å²) in [5.74, 6) is 0.0499. The van der Waals surface area contributed by atoms with Gasteiger partial charge in [-0.15, -0.1) is 11.3 Å². The highest BCUT2D eigenvalue weighted by Crippen LogP contribution is 2.25. The van der Waals surface area contributed by atoms with Gasteiger partial charge in [-0.25, -0.2) is 0 Å². The Balaban J connectivity index is 1.86. The van der Waals surface area contributed by atoms with Crippen LogP contribution < -0.4 is 0 Å². The van der Waals surface area contributed by atoms with Gasteiger partial charge in [-0.3, -0.25) is 4.79 Å². The summed E-state index contributed by atoms with van der Waals surface area (Å²) in [4.78, 5) is 14.7. The Morgan fingerprint density at radius 2 is 2.28 bits per heavy atom. The molecule has 1 aliphatic heterocycles. The summed E-state index contributed by atoms with van der Waals surface area (Å²) >= 11 is 10.7. The van der Waals surface area contributed by atoms with E-state index in [1.807, 2.05) is 10.3 Å². The molecule has 1 saturated heterocycles. The van der Waals surface area contributed by atoms with Gasteiger partial charge in [0.1, 0.15) is 4.88 Å². The van der Waals surface area contributed by atoms with Crippen molar-refractivity contribution >= 4 is 44.8 Å². The Morgan fingerprint density at radius 3 is 2.83 bits per heavy atom. The lowest BCUT2D eigenvalue weighted by Gasteiger charge is -2.31. The maximum Gasteiger partial charge on any atom is 0.265 e. The van der Waals surface area contributed by atoms with E-state index in [1.165, 1.54) is 11.3 Å². The molecular formula is C12H15BrClNO2S. The fourth-order valence-corrected chi connectivity index (χ4v) is 3.32. The van der Waals surface area contributed by atoms with Crippen molar-refractivity contribution in [2.75, 3.05) is 25.0 Å². The van der Waals surface area contributed by atoms with Gasteiger partial charge in [0.05, 0.1) is 17.7 Å². The number of likely N-dealkylation sites (tertiary alicyclic amines) is 1. The number of halogens is 2. The molecule has 0 aromatic carbocycles. The molecule has 0 N–H and O–H groups in total. The first-order valence-electron chi connectivity index (χ1n) is 5.92. The predicted octanol–water partition coefficient (Wildman–Crippen LogP) is 3.42. The molecule has 1 aromatic heterocycles. The number of carbonyl (C=O) groups excluding carboxylic acids is 1. The number of rotatable bonds is 4. The van der Waals surface area contributed by atoms with Crippen LogP contribution in [0.4, 0.5) is 0 Å². The maximum atomic E-state index is 12.2. The zero-order chi connectivity index (χ0) is 13.0. The zero-order valence-electron chi connectivity index (χ0n) is 9.90. The van der Waals surface area contributed by atoms with Gasteiger partial charge in [0.2, 0.25) is 0 Å². The standard InChI is InChI=1S/C12H15BrClNO2S/c13-4-7-17-9-1-5-15(6-2-9)12(16)11-10(14)3-8-18-11/h3,8-9H,1-2,4-7H2. The van der Waals surface area contributed by atoms with Gasteiger partial charge >= 0.3 is 0 Å². The van der Waals surface area contributed by atoms with Crippen molar-refractivity contribution in [3.63, 3.8) is 0 Å². The average Bonchev–Trinajstić information content (AvgIpc) is 2.82. The molecule has 6 heteroatoms. The van der Waals surface area contributed by atoms with Crippen LogP contribution in [-0.2, 0) is 4.74 Å². The second-order valence-corrected chi connectivity index (χ2v) is 6.27. The van der Waals surface area contributed by atoms with E-state index < -0.39 is 0 Å². The van der Waals surface area contributed by atoms with Crippen molar-refractivity contribution in [3.8, 4) is 0 Å². The summed E-state index contributed by atoms with van der Waals surface area (Å²) < 4.78 is 5.67. The van der Waals surface area contributed by atoms with E-state index in [2.05, 4.69) is 15.9 Å². The lowest BCUT2D eigenvalue weighted by Crippen LogP contribution is -2.40. The fourth-order valence-electron chi connectivity index (χ4n) is 2.03. The second-order valence-electron chi connectivity index (χ2n) is 4.15. The Kier molecular flexibility index (Phi) is 5.48. The van der Waals surface area contributed by atoms with Crippen LogP contribution in [0.25, 0.3) is 0 Å². The Labute approximate surface area is 124 Å². The quantitative estimate of drug-likeness (QED) is 0.777. The summed E-state index contributed by atoms with van der Waals surface area (Å²) in [6.07, 6.45) is 2.09. The van der Waals surface area contributed by atoms with Gasteiger partial charge in [0, 0.05) is 18.4 Å². The molecule has 1 aromatic rings. The molecule has 0 radical (unpaired) electrons. The number of hydrogen-bond acceptors (Lipinski definition) is 3. The van der Waals surface area contributed by atoms with Crippen LogP contribution in [0, 0.1) is 0 Å². The monoisotopic (exact) mass is 351 g/mol. The Bertz CT molecular complexity index is 405. The number of hydrogen-bond donors (Lipinski definition) is 0. The third-order valence-corrected chi connectivity index (χ3v) is 4.62. The maximum absolute atomic E-state index is 12.2. The van der Waals surface area contributed by atoms with Gasteiger partial charge in [-0.2, -0.15) is 0 Å². The van der Waals surface area contributed by atoms with Crippen molar-refractivity contribution in [1.82, 2.24) is 4.90 Å². The normalized spacial score (nSPS) is 17.1. The minimum absolute atomic E-state index is 0.0499. The van der Waals surface area contributed by atoms with Crippen molar-refractivity contribution in [3.05, 3.63) is 21.3 Å². The van der Waals surface area contributed by atoms with Crippen LogP contribution in [0.1, 0.15) is 22.5 Å². The van der Waals surface area contributed by atoms with E-state index in [0.29, 0.717) is 9.90 Å². The van der Waals surface area contributed by atoms with Crippen molar-refractivity contribution < 1.29 is 9.53 Å². The second kappa shape index (κ2) is 6.89. The van der Waals surface area contributed by atoms with Crippen LogP contribution in [-0.4, -0.2) is 41.9 Å². The SMILES string of the molecule is O=C(c1sccc1Cl)N1CCC(OCCBr)CC1. The van der Waals surface area contributed by atoms with E-state index in [4.69, 9.17) is 16.3 Å². The summed E-state index contributed by atoms with van der Waals surface area (Å²) in [5, 5.41) is 3.26. The summed E-state index contributed by atoms with van der Waals surface area (Å²) in [6.45, 7) is 2.23. The number of amides is 1. The largest absolute Gasteiger partial charge is 0.377 e. The molecule has 0 aliphatic carbocycles. The smallest absolute Gasteiger partial charge is 0.265 e. The first kappa shape index (κ1) is 14.3. The lowest BCUT2D eigenvalue weighted by molar-refractivity contribution is 0.0161. The molecule has 1 aliphatic rings. The highest BCUT2D eigenvalue weighted by atomic mass is 79.9. The Hall–Kier alpha value is -0.100. The highest BCUT2D eigenvalue weighted by Gasteiger charge is 2.25. The molecule has 2 rings (SSSR count). The highest BCUT2D eigenvalue weighted by molar-refractivity contribution is 9.09. The molecule has 1 fully saturated rings. The minimum atomic E-state index is 0.0499. The van der Waals surface area contributed by atoms with Crippen LogP contribution >= 0.6 is 38.9 Å². The number of ether oxygens (including phenoxy) is 1. The van der Waals surface area contributed by atoms with Gasteiger partial charge < -0.3 is 9.64 Å². The molecule has 0 bridgehead atoms. The van der Waals surface area contributed by atoms with Crippen molar-refractivity contribution in [1.29, 1.82) is 0 Å². The van der Waals surface area contributed by atoms with Crippen molar-refractivity contribution in [2.45, 2.75) is 18.9 Å². The fraction of sp³-hybridized carbons (Fsp3) is 0.583. The molecule has 3 nitrogen and oxygen atoms in total. The topological polar surface area (TPSA) is 29.5 Å². The third-order valence-electron chi connectivity index (χ3n) is 2.97. The number of thiophene rings is 1. The molecule has 18 heavy (non-hydrogen) atoms. The molecule has 2 heterocycles. The van der Waals surface area contributed by atoms with Gasteiger partial charge in [-0.05, 0) is 24.3 Å². The molecule has 0 unspecified atom stereocenters. The average molecular weight is 353 g/mol. The van der Waals surface area contributed by atoms with Gasteiger partial charge in [-0.1, -0.05) is 27.5 Å². The van der Waals surface area contributed by atoms with Crippen LogP contribution in [0.2, 0.25) is 5.02 Å². The van der Waals surface area contributed by atoms with Crippen LogP contribution in [0.3, 0.4) is 0 Å². The van der Waals surface area contributed by atoms with Crippen LogP contribution in [0.15, 0.2) is 11.4 Å². The summed E-state index contributed by atoms with van der Waals surface area (Å²) in [5.41, 5.74) is 0. The molecular weight excluding hydrogens is 338 g/mol. The number of carbonyl (C=O) groups is 1. The van der Waals surface area contributed by atoms with Crippen molar-refractivity contribution in [2.24, 2.45) is 0 Å². The Morgan fingerprint density at radius 1 is 1.56 bits per heavy atom. The van der Waals surface area contributed by atoms with E-state index in [0.717, 1.165) is 37.9 Å². The summed E-state index contributed by atoms with van der Waals surface area (Å²) in [6, 6.07) is 1.77. The first-order chi connectivity index (χ1) is 8.72. The van der Waals surface area contributed by atoms with Gasteiger partial charge in [0.15, 0.2) is 0 Å². The number of nitrogens with zero attached hydrogens (tertiary/aromatic N) is 1. The first-order valence-corrected chi connectivity index (χ1v) is 8.30. The zero-order valence-corrected chi connectivity index (χ0v) is 13.1. The lowest BCUT2D eigenvalue weighted by atomic mass is 10.1. The molecule has 100 valence electrons. The third kappa shape index (κ3) is 3.47. The number of alkyl halides is 1. The minimum Gasteiger partial charge on any atom is -0.377 e. The molecule has 1 amide bonds. The van der Waals surface area contributed by atoms with E-state index in [9.17, 15) is 4.79 Å². The van der Waals surface area contributed by atoms with E-state index in [-0.39, 0.29) is 12.0 Å². The van der Waals surface area contributed by atoms with E-state index in [1.54, 1.807) is 6.07 Å². The van der Waals surface area contributed by atoms with E-state index >= 15 is 0 Å². The van der Waals surface area contributed by atoms with Crippen LogP contribution in [0.5, 0.6) is 0 Å². The molecule has 0 saturated carbocycles.